The zero-order valence-electron chi connectivity index (χ0n) is 13.9. The number of nitrogens with one attached hydrogen (secondary N) is 1. The highest BCUT2D eigenvalue weighted by atomic mass is 32.1. The minimum atomic E-state index is -0.989. The summed E-state index contributed by atoms with van der Waals surface area (Å²) in [5, 5.41) is 13.7. The fourth-order valence-electron chi connectivity index (χ4n) is 1.90. The number of carbonyl (C=O) groups is 2. The summed E-state index contributed by atoms with van der Waals surface area (Å²) in [6.45, 7) is 4.09. The summed E-state index contributed by atoms with van der Waals surface area (Å²) in [6, 6.07) is 10.1. The molecule has 7 heteroatoms. The Morgan fingerprint density at radius 2 is 2.00 bits per heavy atom. The van der Waals surface area contributed by atoms with Gasteiger partial charge in [0.1, 0.15) is 16.8 Å². The third-order valence-electron chi connectivity index (χ3n) is 3.24. The highest BCUT2D eigenvalue weighted by Gasteiger charge is 2.20. The lowest BCUT2D eigenvalue weighted by Gasteiger charge is -2.13. The number of thiophene rings is 1. The Morgan fingerprint density at radius 3 is 2.64 bits per heavy atom. The normalized spacial score (nSPS) is 11.2. The van der Waals surface area contributed by atoms with E-state index in [9.17, 15) is 9.59 Å². The standard InChI is InChI=1S/C18H18N2O4S/c1-3-9-23-15-6-4-13(5-7-15)18(22)24-12(2)16(21)20-17-14(11-19)8-10-25-17/h4-8,10,12H,3,9H2,1-2H3,(H,20,21). The van der Waals surface area contributed by atoms with Crippen molar-refractivity contribution in [2.45, 2.75) is 26.4 Å². The summed E-state index contributed by atoms with van der Waals surface area (Å²) in [6.07, 6.45) is -0.0917. The van der Waals surface area contributed by atoms with E-state index in [0.29, 0.717) is 28.5 Å². The second-order valence-electron chi connectivity index (χ2n) is 5.18. The average Bonchev–Trinajstić information content (AvgIpc) is 3.07. The van der Waals surface area contributed by atoms with Crippen LogP contribution in [0.3, 0.4) is 0 Å². The second kappa shape index (κ2) is 8.85. The Bertz CT molecular complexity index is 777. The molecule has 1 aromatic carbocycles. The molecule has 1 heterocycles. The zero-order valence-corrected chi connectivity index (χ0v) is 14.8. The minimum absolute atomic E-state index is 0.331. The van der Waals surface area contributed by atoms with Crippen LogP contribution in [0.4, 0.5) is 5.00 Å². The van der Waals surface area contributed by atoms with E-state index in [0.717, 1.165) is 6.42 Å². The fourth-order valence-corrected chi connectivity index (χ4v) is 2.64. The number of esters is 1. The largest absolute Gasteiger partial charge is 0.494 e. The maximum absolute atomic E-state index is 12.1. The van der Waals surface area contributed by atoms with Crippen molar-refractivity contribution in [1.29, 1.82) is 5.26 Å². The molecule has 2 rings (SSSR count). The monoisotopic (exact) mass is 358 g/mol. The smallest absolute Gasteiger partial charge is 0.338 e. The van der Waals surface area contributed by atoms with Gasteiger partial charge in [0.05, 0.1) is 17.7 Å². The van der Waals surface area contributed by atoms with E-state index in [-0.39, 0.29) is 0 Å². The number of nitriles is 1. The molecule has 0 aliphatic rings. The van der Waals surface area contributed by atoms with Crippen molar-refractivity contribution in [2.24, 2.45) is 0 Å². The molecule has 130 valence electrons. The van der Waals surface area contributed by atoms with Gasteiger partial charge in [-0.25, -0.2) is 4.79 Å². The van der Waals surface area contributed by atoms with E-state index in [1.54, 1.807) is 35.7 Å². The van der Waals surface area contributed by atoms with Crippen LogP contribution in [0.25, 0.3) is 0 Å². The summed E-state index contributed by atoms with van der Waals surface area (Å²) in [4.78, 5) is 24.2. The molecule has 1 N–H and O–H groups in total. The second-order valence-corrected chi connectivity index (χ2v) is 6.10. The first-order valence-electron chi connectivity index (χ1n) is 7.77. The van der Waals surface area contributed by atoms with Crippen LogP contribution in [0, 0.1) is 11.3 Å². The van der Waals surface area contributed by atoms with Crippen LogP contribution in [-0.4, -0.2) is 24.6 Å². The van der Waals surface area contributed by atoms with Gasteiger partial charge in [-0.3, -0.25) is 4.79 Å². The molecule has 0 radical (unpaired) electrons. The maximum Gasteiger partial charge on any atom is 0.338 e. The summed E-state index contributed by atoms with van der Waals surface area (Å²) >= 11 is 1.23. The summed E-state index contributed by atoms with van der Waals surface area (Å²) < 4.78 is 10.6. The van der Waals surface area contributed by atoms with Gasteiger partial charge in [0.25, 0.3) is 5.91 Å². The van der Waals surface area contributed by atoms with Crippen LogP contribution in [-0.2, 0) is 9.53 Å². The van der Waals surface area contributed by atoms with Crippen molar-refractivity contribution < 1.29 is 19.1 Å². The van der Waals surface area contributed by atoms with Gasteiger partial charge in [-0.05, 0) is 49.1 Å². The molecule has 0 saturated carbocycles. The highest BCUT2D eigenvalue weighted by molar-refractivity contribution is 7.14. The number of nitrogens with zero attached hydrogens (tertiary/aromatic N) is 1. The van der Waals surface area contributed by atoms with Crippen LogP contribution < -0.4 is 10.1 Å². The van der Waals surface area contributed by atoms with E-state index < -0.39 is 18.0 Å². The van der Waals surface area contributed by atoms with Gasteiger partial charge in [0, 0.05) is 0 Å². The molecule has 1 amide bonds. The summed E-state index contributed by atoms with van der Waals surface area (Å²) in [5.74, 6) is -0.419. The lowest BCUT2D eigenvalue weighted by Crippen LogP contribution is -2.29. The van der Waals surface area contributed by atoms with Crippen molar-refractivity contribution >= 4 is 28.2 Å². The Hall–Kier alpha value is -2.85. The van der Waals surface area contributed by atoms with Gasteiger partial charge >= 0.3 is 5.97 Å². The minimum Gasteiger partial charge on any atom is -0.494 e. The Kier molecular flexibility index (Phi) is 6.54. The Morgan fingerprint density at radius 1 is 1.28 bits per heavy atom. The third kappa shape index (κ3) is 5.06. The van der Waals surface area contributed by atoms with Crippen molar-refractivity contribution in [3.63, 3.8) is 0 Å². The predicted molar refractivity (Wildman–Crippen MR) is 94.8 cm³/mol. The van der Waals surface area contributed by atoms with Gasteiger partial charge in [-0.2, -0.15) is 5.26 Å². The maximum atomic E-state index is 12.1. The van der Waals surface area contributed by atoms with Crippen molar-refractivity contribution in [3.05, 3.63) is 46.8 Å². The molecular weight excluding hydrogens is 340 g/mol. The van der Waals surface area contributed by atoms with Gasteiger partial charge < -0.3 is 14.8 Å². The molecule has 6 nitrogen and oxygen atoms in total. The van der Waals surface area contributed by atoms with E-state index in [1.807, 2.05) is 13.0 Å². The number of hydrogen-bond donors (Lipinski definition) is 1. The van der Waals surface area contributed by atoms with Gasteiger partial charge in [-0.15, -0.1) is 11.3 Å². The van der Waals surface area contributed by atoms with E-state index in [1.165, 1.54) is 18.3 Å². The van der Waals surface area contributed by atoms with Crippen LogP contribution in [0.5, 0.6) is 5.75 Å². The van der Waals surface area contributed by atoms with E-state index in [2.05, 4.69) is 5.32 Å². The molecule has 0 saturated heterocycles. The van der Waals surface area contributed by atoms with Gasteiger partial charge in [-0.1, -0.05) is 6.92 Å². The van der Waals surface area contributed by atoms with Crippen LogP contribution in [0.15, 0.2) is 35.7 Å². The highest BCUT2D eigenvalue weighted by Crippen LogP contribution is 2.22. The summed E-state index contributed by atoms with van der Waals surface area (Å²) in [7, 11) is 0. The average molecular weight is 358 g/mol. The number of carbonyl (C=O) groups excluding carboxylic acids is 2. The lowest BCUT2D eigenvalue weighted by atomic mass is 10.2. The van der Waals surface area contributed by atoms with E-state index in [4.69, 9.17) is 14.7 Å². The number of ether oxygens (including phenoxy) is 2. The first kappa shape index (κ1) is 18.5. The number of rotatable bonds is 7. The molecule has 0 bridgehead atoms. The fraction of sp³-hybridized carbons (Fsp3) is 0.278. The van der Waals surface area contributed by atoms with Crippen LogP contribution in [0.1, 0.15) is 36.2 Å². The summed E-state index contributed by atoms with van der Waals surface area (Å²) in [5.41, 5.74) is 0.705. The number of amides is 1. The van der Waals surface area contributed by atoms with Gasteiger partial charge in [0.2, 0.25) is 0 Å². The lowest BCUT2D eigenvalue weighted by molar-refractivity contribution is -0.123. The van der Waals surface area contributed by atoms with E-state index >= 15 is 0 Å². The zero-order chi connectivity index (χ0) is 18.2. The number of anilines is 1. The van der Waals surface area contributed by atoms with Crippen molar-refractivity contribution in [1.82, 2.24) is 0 Å². The van der Waals surface area contributed by atoms with Crippen molar-refractivity contribution in [3.8, 4) is 11.8 Å². The molecule has 0 fully saturated rings. The molecular formula is C18H18N2O4S. The number of benzene rings is 1. The molecule has 0 aliphatic heterocycles. The van der Waals surface area contributed by atoms with Gasteiger partial charge in [0.15, 0.2) is 6.10 Å². The van der Waals surface area contributed by atoms with Crippen LogP contribution >= 0.6 is 11.3 Å². The molecule has 1 aromatic heterocycles. The molecule has 0 aliphatic carbocycles. The van der Waals surface area contributed by atoms with Crippen LogP contribution in [0.2, 0.25) is 0 Å². The first-order chi connectivity index (χ1) is 12.0. The predicted octanol–water partition coefficient (Wildman–Crippen LogP) is 3.59. The molecule has 2 aromatic rings. The third-order valence-corrected chi connectivity index (χ3v) is 4.07. The topological polar surface area (TPSA) is 88.4 Å². The molecule has 1 atom stereocenters. The van der Waals surface area contributed by atoms with Crippen molar-refractivity contribution in [2.75, 3.05) is 11.9 Å². The first-order valence-corrected chi connectivity index (χ1v) is 8.65. The molecule has 25 heavy (non-hydrogen) atoms. The molecule has 1 unspecified atom stereocenters. The Balaban J connectivity index is 1.93. The number of hydrogen-bond acceptors (Lipinski definition) is 6. The quantitative estimate of drug-likeness (QED) is 0.764. The molecule has 0 spiro atoms. The SMILES string of the molecule is CCCOc1ccc(C(=O)OC(C)C(=O)Nc2sccc2C#N)cc1. The Labute approximate surface area is 150 Å².